The first kappa shape index (κ1) is 32.0. The number of hydrogen-bond donors (Lipinski definition) is 0. The van der Waals surface area contributed by atoms with Crippen LogP contribution >= 0.6 is 0 Å². The van der Waals surface area contributed by atoms with Gasteiger partial charge in [-0.2, -0.15) is 0 Å². The largest absolute Gasteiger partial charge is 0.309 e. The fourth-order valence-corrected chi connectivity index (χ4v) is 8.68. The second kappa shape index (κ2) is 13.2. The number of nitrogens with zero attached hydrogens (tertiary/aromatic N) is 2. The molecule has 56 heavy (non-hydrogen) atoms. The van der Waals surface area contributed by atoms with Gasteiger partial charge in [-0.1, -0.05) is 164 Å². The molecular formula is C54H36N2. The third-order valence-corrected chi connectivity index (χ3v) is 11.4. The van der Waals surface area contributed by atoms with Gasteiger partial charge in [0, 0.05) is 32.9 Å². The van der Waals surface area contributed by atoms with E-state index in [4.69, 9.17) is 0 Å². The van der Waals surface area contributed by atoms with Gasteiger partial charge in [0.15, 0.2) is 0 Å². The molecule has 0 N–H and O–H groups in total. The lowest BCUT2D eigenvalue weighted by molar-refractivity contribution is 1.18. The molecule has 0 saturated heterocycles. The van der Waals surface area contributed by atoms with Crippen LogP contribution in [0.25, 0.3) is 99.5 Å². The summed E-state index contributed by atoms with van der Waals surface area (Å²) in [5.41, 5.74) is 16.8. The standard InChI is InChI=1S/C54H36N2/c1-2-12-37(13-3-1)38-22-24-40(25-23-38)45-35-30-42(39-26-31-43(32-27-39)55-51-18-8-4-14-46(51)47-15-5-9-19-52(47)55)36-50(45)41-28-33-44(34-29-41)56-53-20-10-6-16-48(53)49-17-7-11-21-54(49)56/h1-36H. The van der Waals surface area contributed by atoms with Crippen LogP contribution in [0.1, 0.15) is 0 Å². The Kier molecular flexibility index (Phi) is 7.53. The van der Waals surface area contributed by atoms with E-state index in [9.17, 15) is 0 Å². The molecule has 0 atom stereocenters. The molecule has 11 rings (SSSR count). The summed E-state index contributed by atoms with van der Waals surface area (Å²) >= 11 is 0. The Hall–Kier alpha value is -7.42. The molecule has 0 aliphatic heterocycles. The number of hydrogen-bond acceptors (Lipinski definition) is 0. The van der Waals surface area contributed by atoms with E-state index >= 15 is 0 Å². The number of rotatable bonds is 6. The fourth-order valence-electron chi connectivity index (χ4n) is 8.68. The lowest BCUT2D eigenvalue weighted by Crippen LogP contribution is -1.94. The monoisotopic (exact) mass is 712 g/mol. The third-order valence-electron chi connectivity index (χ3n) is 11.4. The van der Waals surface area contributed by atoms with E-state index in [0.29, 0.717) is 0 Å². The van der Waals surface area contributed by atoms with Crippen LogP contribution in [-0.2, 0) is 0 Å². The van der Waals surface area contributed by atoms with Crippen molar-refractivity contribution in [2.75, 3.05) is 0 Å². The lowest BCUT2D eigenvalue weighted by Gasteiger charge is -2.15. The Morgan fingerprint density at radius 1 is 0.214 bits per heavy atom. The SMILES string of the molecule is c1ccc(-c2ccc(-c3ccc(-c4ccc(-n5c6ccccc6c6ccccc65)cc4)cc3-c3ccc(-n4c5ccccc5c5ccccc54)cc3)cc2)cc1. The van der Waals surface area contributed by atoms with Crippen LogP contribution in [0.4, 0.5) is 0 Å². The summed E-state index contributed by atoms with van der Waals surface area (Å²) in [5, 5.41) is 5.08. The second-order valence-corrected chi connectivity index (χ2v) is 14.5. The highest BCUT2D eigenvalue weighted by Crippen LogP contribution is 2.39. The van der Waals surface area contributed by atoms with Crippen LogP contribution in [0.15, 0.2) is 218 Å². The van der Waals surface area contributed by atoms with Crippen LogP contribution in [-0.4, -0.2) is 9.13 Å². The number of para-hydroxylation sites is 4. The first-order chi connectivity index (χ1) is 27.8. The molecule has 0 spiro atoms. The van der Waals surface area contributed by atoms with Gasteiger partial charge in [0.25, 0.3) is 0 Å². The van der Waals surface area contributed by atoms with Crippen LogP contribution in [0.3, 0.4) is 0 Å². The van der Waals surface area contributed by atoms with Crippen molar-refractivity contribution >= 4 is 43.6 Å². The zero-order chi connectivity index (χ0) is 37.0. The van der Waals surface area contributed by atoms with Crippen molar-refractivity contribution in [3.8, 4) is 55.9 Å². The van der Waals surface area contributed by atoms with Crippen LogP contribution < -0.4 is 0 Å². The molecule has 0 amide bonds. The van der Waals surface area contributed by atoms with Crippen molar-refractivity contribution in [3.05, 3.63) is 218 Å². The summed E-state index contributed by atoms with van der Waals surface area (Å²) < 4.78 is 4.76. The molecule has 2 heteroatoms. The zero-order valence-electron chi connectivity index (χ0n) is 30.7. The molecule has 0 fully saturated rings. The Balaban J connectivity index is 1.02. The highest BCUT2D eigenvalue weighted by atomic mass is 15.0. The average Bonchev–Trinajstić information content (AvgIpc) is 3.80. The Morgan fingerprint density at radius 3 is 1.02 bits per heavy atom. The van der Waals surface area contributed by atoms with E-state index in [0.717, 1.165) is 11.4 Å². The minimum atomic E-state index is 1.15. The Bertz CT molecular complexity index is 3090. The topological polar surface area (TPSA) is 9.86 Å². The van der Waals surface area contributed by atoms with E-state index in [2.05, 4.69) is 228 Å². The first-order valence-corrected chi connectivity index (χ1v) is 19.3. The van der Waals surface area contributed by atoms with Gasteiger partial charge in [0.1, 0.15) is 0 Å². The molecule has 0 unspecified atom stereocenters. The van der Waals surface area contributed by atoms with Crippen molar-refractivity contribution in [2.45, 2.75) is 0 Å². The lowest BCUT2D eigenvalue weighted by atomic mass is 9.90. The van der Waals surface area contributed by atoms with Gasteiger partial charge in [-0.25, -0.2) is 0 Å². The number of fused-ring (bicyclic) bond motifs is 6. The van der Waals surface area contributed by atoms with E-state index in [-0.39, 0.29) is 0 Å². The minimum Gasteiger partial charge on any atom is -0.309 e. The molecule has 2 nitrogen and oxygen atoms in total. The van der Waals surface area contributed by atoms with Crippen LogP contribution in [0, 0.1) is 0 Å². The highest BCUT2D eigenvalue weighted by Gasteiger charge is 2.15. The van der Waals surface area contributed by atoms with Gasteiger partial charge in [-0.05, 0) is 99.1 Å². The Morgan fingerprint density at radius 2 is 0.536 bits per heavy atom. The van der Waals surface area contributed by atoms with E-state index in [1.165, 1.54) is 88.1 Å². The highest BCUT2D eigenvalue weighted by molar-refractivity contribution is 6.10. The molecule has 11 aromatic rings. The molecule has 0 radical (unpaired) electrons. The van der Waals surface area contributed by atoms with Crippen molar-refractivity contribution < 1.29 is 0 Å². The minimum absolute atomic E-state index is 1.15. The van der Waals surface area contributed by atoms with Gasteiger partial charge in [0.2, 0.25) is 0 Å². The maximum Gasteiger partial charge on any atom is 0.0541 e. The third kappa shape index (κ3) is 5.26. The van der Waals surface area contributed by atoms with Gasteiger partial charge in [-0.15, -0.1) is 0 Å². The first-order valence-electron chi connectivity index (χ1n) is 19.3. The normalized spacial score (nSPS) is 11.6. The molecule has 0 bridgehead atoms. The van der Waals surface area contributed by atoms with Crippen LogP contribution in [0.2, 0.25) is 0 Å². The molecule has 0 saturated carbocycles. The summed E-state index contributed by atoms with van der Waals surface area (Å²) in [6.45, 7) is 0. The maximum absolute atomic E-state index is 2.38. The smallest absolute Gasteiger partial charge is 0.0541 e. The molecular weight excluding hydrogens is 677 g/mol. The predicted octanol–water partition coefficient (Wildman–Crippen LogP) is 14.5. The van der Waals surface area contributed by atoms with Crippen molar-refractivity contribution in [1.82, 2.24) is 9.13 Å². The second-order valence-electron chi connectivity index (χ2n) is 14.5. The van der Waals surface area contributed by atoms with E-state index in [1.807, 2.05) is 0 Å². The number of aromatic nitrogens is 2. The summed E-state index contributed by atoms with van der Waals surface area (Å²) in [5.74, 6) is 0. The van der Waals surface area contributed by atoms with Gasteiger partial charge < -0.3 is 9.13 Å². The molecule has 9 aromatic carbocycles. The van der Waals surface area contributed by atoms with Crippen molar-refractivity contribution in [1.29, 1.82) is 0 Å². The van der Waals surface area contributed by atoms with Gasteiger partial charge in [-0.3, -0.25) is 0 Å². The maximum atomic E-state index is 2.38. The molecule has 0 aliphatic rings. The summed E-state index contributed by atoms with van der Waals surface area (Å²) in [4.78, 5) is 0. The quantitative estimate of drug-likeness (QED) is 0.162. The molecule has 2 aromatic heterocycles. The van der Waals surface area contributed by atoms with E-state index in [1.54, 1.807) is 0 Å². The van der Waals surface area contributed by atoms with Crippen LogP contribution in [0.5, 0.6) is 0 Å². The molecule has 262 valence electrons. The molecule has 0 aliphatic carbocycles. The molecule has 2 heterocycles. The predicted molar refractivity (Wildman–Crippen MR) is 237 cm³/mol. The summed E-state index contributed by atoms with van der Waals surface area (Å²) in [6, 6.07) is 79.4. The van der Waals surface area contributed by atoms with E-state index < -0.39 is 0 Å². The van der Waals surface area contributed by atoms with Crippen molar-refractivity contribution in [2.24, 2.45) is 0 Å². The van der Waals surface area contributed by atoms with Gasteiger partial charge >= 0.3 is 0 Å². The summed E-state index contributed by atoms with van der Waals surface area (Å²) in [6.07, 6.45) is 0. The average molecular weight is 713 g/mol. The van der Waals surface area contributed by atoms with Crippen molar-refractivity contribution in [3.63, 3.8) is 0 Å². The fraction of sp³-hybridized carbons (Fsp3) is 0. The number of benzene rings is 9. The van der Waals surface area contributed by atoms with Gasteiger partial charge in [0.05, 0.1) is 22.1 Å². The zero-order valence-corrected chi connectivity index (χ0v) is 30.7. The summed E-state index contributed by atoms with van der Waals surface area (Å²) in [7, 11) is 0. The Labute approximate surface area is 325 Å².